The maximum atomic E-state index is 14.4. The Morgan fingerprint density at radius 1 is 1.12 bits per heavy atom. The summed E-state index contributed by atoms with van der Waals surface area (Å²) in [6, 6.07) is 9.28. The fourth-order valence-corrected chi connectivity index (χ4v) is 5.64. The predicted molar refractivity (Wildman–Crippen MR) is 124 cm³/mol. The van der Waals surface area contributed by atoms with Crippen LogP contribution in [0, 0.1) is 17.6 Å². The van der Waals surface area contributed by atoms with Crippen molar-refractivity contribution in [3.05, 3.63) is 75.8 Å². The second-order valence-electron chi connectivity index (χ2n) is 9.68. The van der Waals surface area contributed by atoms with Crippen molar-refractivity contribution in [1.29, 1.82) is 0 Å². The Morgan fingerprint density at radius 2 is 1.91 bits per heavy atom. The molecule has 0 amide bonds. The number of H-pyrrole nitrogens is 1. The lowest BCUT2D eigenvalue weighted by Gasteiger charge is -2.47. The molecule has 0 unspecified atom stereocenters. The van der Waals surface area contributed by atoms with Crippen molar-refractivity contribution in [3.8, 4) is 11.3 Å². The van der Waals surface area contributed by atoms with Crippen LogP contribution in [-0.2, 0) is 5.41 Å². The summed E-state index contributed by atoms with van der Waals surface area (Å²) in [5, 5.41) is 8.92. The van der Waals surface area contributed by atoms with Crippen LogP contribution in [0.1, 0.15) is 56.7 Å². The van der Waals surface area contributed by atoms with Gasteiger partial charge in [-0.05, 0) is 67.3 Å². The van der Waals surface area contributed by atoms with Crippen molar-refractivity contribution < 1.29 is 8.78 Å². The molecule has 3 aromatic rings. The van der Waals surface area contributed by atoms with Gasteiger partial charge in [0, 0.05) is 36.5 Å². The third kappa shape index (κ3) is 3.83. The van der Waals surface area contributed by atoms with Crippen molar-refractivity contribution >= 4 is 5.69 Å². The summed E-state index contributed by atoms with van der Waals surface area (Å²) in [5.41, 5.74) is 2.74. The first-order valence-electron chi connectivity index (χ1n) is 11.6. The molecule has 1 aliphatic carbocycles. The van der Waals surface area contributed by atoms with E-state index in [0.29, 0.717) is 5.92 Å². The molecule has 2 aliphatic rings. The van der Waals surface area contributed by atoms with Gasteiger partial charge in [0.1, 0.15) is 11.6 Å². The van der Waals surface area contributed by atoms with Crippen LogP contribution in [-0.4, -0.2) is 28.3 Å². The number of aromatic nitrogens is 3. The number of fused-ring (bicyclic) bond motifs is 1. The average Bonchev–Trinajstić information content (AvgIpc) is 2.82. The number of nitrogens with zero attached hydrogens (tertiary/aromatic N) is 3. The van der Waals surface area contributed by atoms with Crippen LogP contribution in [0.3, 0.4) is 0 Å². The number of anilines is 1. The van der Waals surface area contributed by atoms with Crippen molar-refractivity contribution in [2.75, 3.05) is 18.0 Å². The summed E-state index contributed by atoms with van der Waals surface area (Å²) in [5.74, 6) is -0.681. The van der Waals surface area contributed by atoms with Crippen LogP contribution in [0.15, 0.2) is 47.4 Å². The second kappa shape index (κ2) is 8.36. The highest BCUT2D eigenvalue weighted by atomic mass is 19.1. The molecule has 1 saturated heterocycles. The van der Waals surface area contributed by atoms with Gasteiger partial charge in [0.2, 0.25) is 5.56 Å². The summed E-state index contributed by atoms with van der Waals surface area (Å²) in [6.07, 6.45) is 5.75. The van der Waals surface area contributed by atoms with E-state index < -0.39 is 11.6 Å². The Hall–Kier alpha value is -3.09. The summed E-state index contributed by atoms with van der Waals surface area (Å²) < 4.78 is 28.8. The van der Waals surface area contributed by atoms with Crippen molar-refractivity contribution in [3.63, 3.8) is 0 Å². The first-order valence-corrected chi connectivity index (χ1v) is 11.6. The van der Waals surface area contributed by atoms with Crippen LogP contribution in [0.25, 0.3) is 11.3 Å². The largest absolute Gasteiger partial charge is 0.371 e. The van der Waals surface area contributed by atoms with E-state index in [-0.39, 0.29) is 28.1 Å². The summed E-state index contributed by atoms with van der Waals surface area (Å²) in [7, 11) is 0. The Kier molecular flexibility index (Phi) is 5.51. The van der Waals surface area contributed by atoms with Crippen LogP contribution < -0.4 is 10.5 Å². The molecule has 5 rings (SSSR count). The lowest BCUT2D eigenvalue weighted by atomic mass is 9.62. The van der Waals surface area contributed by atoms with Gasteiger partial charge in [0.15, 0.2) is 0 Å². The first kappa shape index (κ1) is 21.7. The molecule has 1 aliphatic heterocycles. The number of aromatic amines is 1. The van der Waals surface area contributed by atoms with E-state index in [4.69, 9.17) is 0 Å². The lowest BCUT2D eigenvalue weighted by molar-refractivity contribution is 0.207. The number of rotatable bonds is 3. The maximum absolute atomic E-state index is 14.4. The molecule has 2 aromatic heterocycles. The Morgan fingerprint density at radius 3 is 2.67 bits per heavy atom. The van der Waals surface area contributed by atoms with Gasteiger partial charge in [-0.15, -0.1) is 0 Å². The molecule has 3 heterocycles. The molecule has 1 aromatic carbocycles. The van der Waals surface area contributed by atoms with E-state index in [1.54, 1.807) is 12.3 Å². The van der Waals surface area contributed by atoms with Gasteiger partial charge in [-0.2, -0.15) is 10.2 Å². The highest BCUT2D eigenvalue weighted by Crippen LogP contribution is 2.49. The minimum Gasteiger partial charge on any atom is -0.371 e. The number of piperidine rings is 1. The average molecular weight is 451 g/mol. The van der Waals surface area contributed by atoms with Gasteiger partial charge in [-0.3, -0.25) is 4.79 Å². The predicted octanol–water partition coefficient (Wildman–Crippen LogP) is 5.18. The fraction of sp³-hybridized carbons (Fsp3) is 0.423. The quantitative estimate of drug-likeness (QED) is 0.597. The molecule has 3 atom stereocenters. The molecule has 33 heavy (non-hydrogen) atoms. The Bertz CT molecular complexity index is 1220. The van der Waals surface area contributed by atoms with E-state index >= 15 is 0 Å². The summed E-state index contributed by atoms with van der Waals surface area (Å²) in [6.45, 7) is 6.14. The van der Waals surface area contributed by atoms with Crippen molar-refractivity contribution in [2.45, 2.75) is 50.9 Å². The molecule has 5 nitrogen and oxygen atoms in total. The Balaban J connectivity index is 1.51. The Labute approximate surface area is 191 Å². The smallest absolute Gasteiger partial charge is 0.249 e. The van der Waals surface area contributed by atoms with Crippen molar-refractivity contribution in [1.82, 2.24) is 15.2 Å². The van der Waals surface area contributed by atoms with Crippen LogP contribution in [0.4, 0.5) is 14.5 Å². The highest BCUT2D eigenvalue weighted by molar-refractivity contribution is 5.62. The zero-order valence-electron chi connectivity index (χ0n) is 18.9. The third-order valence-electron chi connectivity index (χ3n) is 7.66. The topological polar surface area (TPSA) is 61.9 Å². The zero-order chi connectivity index (χ0) is 23.2. The molecule has 172 valence electrons. The molecule has 7 heteroatoms. The number of pyridine rings is 1. The van der Waals surface area contributed by atoms with E-state index in [0.717, 1.165) is 55.7 Å². The molecule has 0 spiro atoms. The normalized spacial score (nSPS) is 25.0. The first-order chi connectivity index (χ1) is 15.9. The minimum atomic E-state index is -0.628. The second-order valence-corrected chi connectivity index (χ2v) is 9.68. The SMILES string of the molecule is C[C@H]1CC[C@](C)([C@H]2CCCN(c3cc[nH]c(=O)c3)C2)c2nnc(-c3c(F)cccc3F)cc21. The fourth-order valence-electron chi connectivity index (χ4n) is 5.64. The standard InChI is InChI=1S/C26H28F2N4O/c1-16-8-10-26(2,17-5-4-12-32(15-17)18-9-11-29-23(33)13-18)25-19(16)14-22(30-31-25)24-20(27)6-3-7-21(24)28/h3,6-7,9,11,13-14,16-17H,4-5,8,10,12,15H2,1-2H3,(H,29,33)/t16-,17-,26+/m0/s1. The zero-order valence-corrected chi connectivity index (χ0v) is 18.9. The monoisotopic (exact) mass is 450 g/mol. The number of nitrogens with one attached hydrogen (secondary N) is 1. The summed E-state index contributed by atoms with van der Waals surface area (Å²) in [4.78, 5) is 16.8. The molecular formula is C26H28F2N4O. The van der Waals surface area contributed by atoms with Gasteiger partial charge >= 0.3 is 0 Å². The molecule has 0 bridgehead atoms. The van der Waals surface area contributed by atoms with Crippen LogP contribution >= 0.6 is 0 Å². The lowest BCUT2D eigenvalue weighted by Crippen LogP contribution is -2.47. The molecule has 0 saturated carbocycles. The molecule has 0 radical (unpaired) electrons. The third-order valence-corrected chi connectivity index (χ3v) is 7.66. The van der Waals surface area contributed by atoms with Crippen molar-refractivity contribution in [2.24, 2.45) is 5.92 Å². The number of hydrogen-bond acceptors (Lipinski definition) is 4. The maximum Gasteiger partial charge on any atom is 0.249 e. The van der Waals surface area contributed by atoms with Crippen LogP contribution in [0.2, 0.25) is 0 Å². The van der Waals surface area contributed by atoms with Gasteiger partial charge in [-0.25, -0.2) is 8.78 Å². The number of benzene rings is 1. The van der Waals surface area contributed by atoms with Crippen LogP contribution in [0.5, 0.6) is 0 Å². The molecule has 1 fully saturated rings. The van der Waals surface area contributed by atoms with Gasteiger partial charge in [0.25, 0.3) is 0 Å². The van der Waals surface area contributed by atoms with Gasteiger partial charge in [0.05, 0.1) is 17.0 Å². The number of hydrogen-bond donors (Lipinski definition) is 1. The highest BCUT2D eigenvalue weighted by Gasteiger charge is 2.44. The number of halogens is 2. The summed E-state index contributed by atoms with van der Waals surface area (Å²) >= 11 is 0. The molecular weight excluding hydrogens is 422 g/mol. The van der Waals surface area contributed by atoms with Gasteiger partial charge in [-0.1, -0.05) is 19.9 Å². The van der Waals surface area contributed by atoms with E-state index in [1.807, 2.05) is 12.1 Å². The van der Waals surface area contributed by atoms with E-state index in [2.05, 4.69) is 33.9 Å². The van der Waals surface area contributed by atoms with E-state index in [1.165, 1.54) is 18.2 Å². The van der Waals surface area contributed by atoms with E-state index in [9.17, 15) is 13.6 Å². The van der Waals surface area contributed by atoms with Gasteiger partial charge < -0.3 is 9.88 Å². The minimum absolute atomic E-state index is 0.101. The molecule has 1 N–H and O–H groups in total.